The number of hydrogen-bond acceptors (Lipinski definition) is 8. The molecule has 6 rings (SSSR count). The van der Waals surface area contributed by atoms with Crippen molar-refractivity contribution in [2.24, 2.45) is 4.99 Å². The molecule has 10 nitrogen and oxygen atoms in total. The van der Waals surface area contributed by atoms with Crippen LogP contribution in [0.1, 0.15) is 31.2 Å². The molecule has 45 heavy (non-hydrogen) atoms. The number of nitro groups is 1. The molecule has 0 spiro atoms. The topological polar surface area (TPSA) is 129 Å². The zero-order chi connectivity index (χ0) is 31.7. The summed E-state index contributed by atoms with van der Waals surface area (Å²) < 4.78 is 14.0. The van der Waals surface area contributed by atoms with E-state index in [1.807, 2.05) is 49.4 Å². The van der Waals surface area contributed by atoms with Crippen molar-refractivity contribution in [3.63, 3.8) is 0 Å². The van der Waals surface area contributed by atoms with Crippen LogP contribution in [0.4, 0.5) is 11.4 Å². The Morgan fingerprint density at radius 2 is 1.89 bits per heavy atom. The minimum absolute atomic E-state index is 0.0484. The molecule has 0 unspecified atom stereocenters. The molecule has 5 aromatic rings. The number of carbonyl (C=O) groups is 1. The predicted molar refractivity (Wildman–Crippen MR) is 175 cm³/mol. The number of anilines is 1. The molecule has 3 heterocycles. The van der Waals surface area contributed by atoms with Gasteiger partial charge in [-0.05, 0) is 77.8 Å². The number of nitrogens with one attached hydrogen (secondary N) is 1. The van der Waals surface area contributed by atoms with Crippen LogP contribution in [0.15, 0.2) is 115 Å². The molecular weight excluding hydrogens is 660 g/mol. The summed E-state index contributed by atoms with van der Waals surface area (Å²) in [5, 5.41) is 14.1. The highest BCUT2D eigenvalue weighted by Crippen LogP contribution is 2.34. The fourth-order valence-corrected chi connectivity index (χ4v) is 6.67. The second-order valence-electron chi connectivity index (χ2n) is 10.0. The highest BCUT2D eigenvalue weighted by atomic mass is 79.9. The van der Waals surface area contributed by atoms with Gasteiger partial charge in [-0.2, -0.15) is 0 Å². The van der Waals surface area contributed by atoms with Crippen molar-refractivity contribution in [2.75, 3.05) is 11.9 Å². The third-order valence-corrected chi connectivity index (χ3v) is 8.77. The number of non-ortho nitro benzene ring substituents is 1. The molecule has 0 fully saturated rings. The molecule has 3 aromatic carbocycles. The Bertz CT molecular complexity index is 2150. The summed E-state index contributed by atoms with van der Waals surface area (Å²) in [4.78, 5) is 43.6. The van der Waals surface area contributed by atoms with E-state index < -0.39 is 11.0 Å². The number of furan rings is 1. The first kappa shape index (κ1) is 30.0. The number of hydrogen-bond donors (Lipinski definition) is 1. The molecule has 226 valence electrons. The Kier molecular flexibility index (Phi) is 8.33. The number of nitrogens with zero attached hydrogens (tertiary/aromatic N) is 3. The maximum absolute atomic E-state index is 14.0. The van der Waals surface area contributed by atoms with Gasteiger partial charge in [0.25, 0.3) is 17.2 Å². The average molecular weight is 686 g/mol. The Morgan fingerprint density at radius 3 is 2.58 bits per heavy atom. The van der Waals surface area contributed by atoms with Gasteiger partial charge in [0.15, 0.2) is 4.80 Å². The van der Waals surface area contributed by atoms with Gasteiger partial charge in [-0.3, -0.25) is 24.3 Å². The lowest BCUT2D eigenvalue weighted by Gasteiger charge is -2.25. The van der Waals surface area contributed by atoms with Gasteiger partial charge in [0.05, 0.1) is 33.4 Å². The van der Waals surface area contributed by atoms with Gasteiger partial charge in [-0.1, -0.05) is 41.7 Å². The number of allylic oxidation sites excluding steroid dienone is 1. The number of halogens is 1. The number of amides is 1. The molecule has 12 heteroatoms. The molecule has 1 atom stereocenters. The lowest BCUT2D eigenvalue weighted by molar-refractivity contribution is -0.384. The second kappa shape index (κ2) is 12.5. The van der Waals surface area contributed by atoms with Crippen LogP contribution in [0, 0.1) is 10.1 Å². The van der Waals surface area contributed by atoms with Crippen LogP contribution in [-0.4, -0.2) is 22.0 Å². The lowest BCUT2D eigenvalue weighted by atomic mass is 9.95. The number of rotatable bonds is 8. The quantitative estimate of drug-likeness (QED) is 0.153. The summed E-state index contributed by atoms with van der Waals surface area (Å²) in [7, 11) is 0. The molecular formula is C33H25BrN4O6S. The van der Waals surface area contributed by atoms with Gasteiger partial charge < -0.3 is 14.5 Å². The van der Waals surface area contributed by atoms with Gasteiger partial charge in [0.1, 0.15) is 17.3 Å². The van der Waals surface area contributed by atoms with E-state index in [2.05, 4.69) is 26.2 Å². The maximum atomic E-state index is 14.0. The van der Waals surface area contributed by atoms with Crippen LogP contribution in [-0.2, 0) is 4.79 Å². The normalized spacial score (nSPS) is 14.6. The predicted octanol–water partition coefficient (Wildman–Crippen LogP) is 6.20. The highest BCUT2D eigenvalue weighted by Gasteiger charge is 2.32. The summed E-state index contributed by atoms with van der Waals surface area (Å²) in [5.74, 6) is 1.20. The first-order valence-electron chi connectivity index (χ1n) is 13.9. The van der Waals surface area contributed by atoms with E-state index in [1.165, 1.54) is 28.0 Å². The number of aromatic nitrogens is 1. The largest absolute Gasteiger partial charge is 0.494 e. The minimum Gasteiger partial charge on any atom is -0.494 e. The molecule has 0 saturated carbocycles. The van der Waals surface area contributed by atoms with E-state index >= 15 is 0 Å². The van der Waals surface area contributed by atoms with E-state index in [1.54, 1.807) is 43.3 Å². The highest BCUT2D eigenvalue weighted by molar-refractivity contribution is 9.10. The van der Waals surface area contributed by atoms with Crippen molar-refractivity contribution < 1.29 is 18.9 Å². The van der Waals surface area contributed by atoms with E-state index in [0.29, 0.717) is 60.2 Å². The number of thiazole rings is 1. The average Bonchev–Trinajstić information content (AvgIpc) is 3.61. The van der Waals surface area contributed by atoms with Crippen molar-refractivity contribution in [1.82, 2.24) is 4.57 Å². The standard InChI is InChI=1S/C33H25BrN4O6S/c1-3-43-23-12-9-20(10-13-23)30-29(31(39)36-21-7-5-4-6-8-21)19(2)35-33-37(30)32(40)28(45-33)18-24-14-16-27(44-24)25-15-11-22(38(41)42)17-26(25)34/h4-18,30H,3H2,1-2H3,(H,36,39)/b28-18-/t30-/m1/s1. The summed E-state index contributed by atoms with van der Waals surface area (Å²) in [6.07, 6.45) is 1.63. The molecule has 2 aromatic heterocycles. The number of carbonyl (C=O) groups excluding carboxylic acids is 1. The van der Waals surface area contributed by atoms with Crippen molar-refractivity contribution in [2.45, 2.75) is 19.9 Å². The monoisotopic (exact) mass is 684 g/mol. The Hall–Kier alpha value is -5.07. The fraction of sp³-hybridized carbons (Fsp3) is 0.121. The van der Waals surface area contributed by atoms with Gasteiger partial charge in [-0.15, -0.1) is 0 Å². The Labute approximate surface area is 268 Å². The van der Waals surface area contributed by atoms with Crippen LogP contribution < -0.4 is 24.9 Å². The minimum atomic E-state index is -0.744. The number of nitro benzene ring substituents is 1. The van der Waals surface area contributed by atoms with Crippen LogP contribution in [0.5, 0.6) is 5.75 Å². The molecule has 0 bridgehead atoms. The molecule has 0 radical (unpaired) electrons. The third kappa shape index (κ3) is 6.02. The fourth-order valence-electron chi connectivity index (χ4n) is 5.08. The first-order valence-corrected chi connectivity index (χ1v) is 15.5. The van der Waals surface area contributed by atoms with Gasteiger partial charge >= 0.3 is 0 Å². The summed E-state index contributed by atoms with van der Waals surface area (Å²) in [5.41, 5.74) is 2.45. The third-order valence-electron chi connectivity index (χ3n) is 7.13. The summed E-state index contributed by atoms with van der Waals surface area (Å²) >= 11 is 4.58. The van der Waals surface area contributed by atoms with Crippen LogP contribution in [0.25, 0.3) is 17.4 Å². The zero-order valence-electron chi connectivity index (χ0n) is 24.0. The molecule has 1 aliphatic rings. The van der Waals surface area contributed by atoms with Crippen LogP contribution in [0.2, 0.25) is 0 Å². The van der Waals surface area contributed by atoms with Crippen molar-refractivity contribution in [3.05, 3.63) is 142 Å². The van der Waals surface area contributed by atoms with E-state index in [0.717, 1.165) is 5.56 Å². The lowest BCUT2D eigenvalue weighted by Crippen LogP contribution is -2.40. The molecule has 1 aliphatic heterocycles. The van der Waals surface area contributed by atoms with Crippen molar-refractivity contribution >= 4 is 50.6 Å². The van der Waals surface area contributed by atoms with Gasteiger partial charge in [0.2, 0.25) is 0 Å². The van der Waals surface area contributed by atoms with E-state index in [-0.39, 0.29) is 17.2 Å². The molecule has 0 saturated heterocycles. The number of benzene rings is 3. The maximum Gasteiger partial charge on any atom is 0.271 e. The molecule has 1 N–H and O–H groups in total. The Morgan fingerprint density at radius 1 is 1.13 bits per heavy atom. The van der Waals surface area contributed by atoms with Gasteiger partial charge in [0, 0.05) is 33.9 Å². The van der Waals surface area contributed by atoms with Crippen molar-refractivity contribution in [3.8, 4) is 17.1 Å². The van der Waals surface area contributed by atoms with E-state index in [9.17, 15) is 19.7 Å². The van der Waals surface area contributed by atoms with Crippen molar-refractivity contribution in [1.29, 1.82) is 0 Å². The molecule has 1 amide bonds. The van der Waals surface area contributed by atoms with Gasteiger partial charge in [-0.25, -0.2) is 4.99 Å². The van der Waals surface area contributed by atoms with Crippen LogP contribution >= 0.6 is 27.3 Å². The van der Waals surface area contributed by atoms with E-state index in [4.69, 9.17) is 9.15 Å². The first-order chi connectivity index (χ1) is 21.7. The molecule has 0 aliphatic carbocycles. The SMILES string of the molecule is CCOc1ccc([C@@H]2C(C(=O)Nc3ccccc3)=C(C)N=c3s/c(=C\c4ccc(-c5ccc([N+](=O)[O-])cc5Br)o4)c(=O)n32)cc1. The Balaban J connectivity index is 1.42. The van der Waals surface area contributed by atoms with Crippen LogP contribution in [0.3, 0.4) is 0 Å². The summed E-state index contributed by atoms with van der Waals surface area (Å²) in [6.45, 7) is 4.17. The summed E-state index contributed by atoms with van der Waals surface area (Å²) in [6, 6.07) is 23.5. The number of fused-ring (bicyclic) bond motifs is 1. The number of ether oxygens (including phenoxy) is 1. The smallest absolute Gasteiger partial charge is 0.271 e. The second-order valence-corrected chi connectivity index (χ2v) is 11.9. The number of para-hydroxylation sites is 1. The zero-order valence-corrected chi connectivity index (χ0v) is 26.4.